The fourth-order valence-corrected chi connectivity index (χ4v) is 2.52. The fraction of sp³-hybridized carbons (Fsp3) is 1.00. The molecule has 15 heavy (non-hydrogen) atoms. The summed E-state index contributed by atoms with van der Waals surface area (Å²) in [5, 5.41) is 12.5. The van der Waals surface area contributed by atoms with Crippen LogP contribution in [-0.4, -0.2) is 48.8 Å². The van der Waals surface area contributed by atoms with E-state index in [1.165, 1.54) is 19.6 Å². The molecule has 0 aliphatic carbocycles. The number of nitrogens with one attached hydrogen (secondary N) is 1. The van der Waals surface area contributed by atoms with E-state index < -0.39 is 0 Å². The van der Waals surface area contributed by atoms with Gasteiger partial charge in [-0.3, -0.25) is 0 Å². The quantitative estimate of drug-likeness (QED) is 0.719. The molecule has 0 bridgehead atoms. The maximum Gasteiger partial charge on any atom is 0.0448 e. The van der Waals surface area contributed by atoms with E-state index in [1.54, 1.807) is 0 Å². The standard InChI is InChI=1S/C12H26N2O/c1-11(2)10-14-7-4-12(13-3,5-8-14)6-9-15/h11,13,15H,4-10H2,1-3H3. The Morgan fingerprint density at radius 1 is 1.33 bits per heavy atom. The zero-order chi connectivity index (χ0) is 11.3. The van der Waals surface area contributed by atoms with Gasteiger partial charge in [0.05, 0.1) is 0 Å². The molecule has 2 N–H and O–H groups in total. The predicted molar refractivity (Wildman–Crippen MR) is 64.0 cm³/mol. The lowest BCUT2D eigenvalue weighted by molar-refractivity contribution is 0.106. The average molecular weight is 214 g/mol. The number of likely N-dealkylation sites (tertiary alicyclic amines) is 1. The van der Waals surface area contributed by atoms with Gasteiger partial charge in [-0.1, -0.05) is 13.8 Å². The molecule has 0 amide bonds. The van der Waals surface area contributed by atoms with E-state index in [4.69, 9.17) is 5.11 Å². The van der Waals surface area contributed by atoms with Gasteiger partial charge in [0.15, 0.2) is 0 Å². The molecule has 0 radical (unpaired) electrons. The summed E-state index contributed by atoms with van der Waals surface area (Å²) in [7, 11) is 2.02. The molecule has 3 nitrogen and oxygen atoms in total. The predicted octanol–water partition coefficient (Wildman–Crippen LogP) is 1.08. The molecule has 1 heterocycles. The van der Waals surface area contributed by atoms with Gasteiger partial charge < -0.3 is 15.3 Å². The molecule has 1 rings (SSSR count). The van der Waals surface area contributed by atoms with Gasteiger partial charge in [0.25, 0.3) is 0 Å². The highest BCUT2D eigenvalue weighted by atomic mass is 16.3. The van der Waals surface area contributed by atoms with Crippen LogP contribution in [0.25, 0.3) is 0 Å². The van der Waals surface area contributed by atoms with Crippen LogP contribution in [0.3, 0.4) is 0 Å². The highest BCUT2D eigenvalue weighted by Gasteiger charge is 2.32. The summed E-state index contributed by atoms with van der Waals surface area (Å²) in [5.74, 6) is 0.755. The van der Waals surface area contributed by atoms with Crippen molar-refractivity contribution >= 4 is 0 Å². The number of nitrogens with zero attached hydrogens (tertiary/aromatic N) is 1. The highest BCUT2D eigenvalue weighted by Crippen LogP contribution is 2.25. The van der Waals surface area contributed by atoms with Gasteiger partial charge in [-0.05, 0) is 45.3 Å². The Morgan fingerprint density at radius 3 is 2.33 bits per heavy atom. The minimum atomic E-state index is 0.197. The summed E-state index contributed by atoms with van der Waals surface area (Å²) >= 11 is 0. The van der Waals surface area contributed by atoms with Crippen LogP contribution in [0.5, 0.6) is 0 Å². The lowest BCUT2D eigenvalue weighted by atomic mass is 9.84. The van der Waals surface area contributed by atoms with Gasteiger partial charge in [-0.15, -0.1) is 0 Å². The lowest BCUT2D eigenvalue weighted by Gasteiger charge is -2.42. The number of piperidine rings is 1. The first-order valence-corrected chi connectivity index (χ1v) is 6.14. The number of aliphatic hydroxyl groups excluding tert-OH is 1. The van der Waals surface area contributed by atoms with Gasteiger partial charge in [0.1, 0.15) is 0 Å². The molecular formula is C12H26N2O. The minimum absolute atomic E-state index is 0.197. The van der Waals surface area contributed by atoms with E-state index in [2.05, 4.69) is 24.1 Å². The van der Waals surface area contributed by atoms with Crippen LogP contribution in [0.1, 0.15) is 33.1 Å². The van der Waals surface area contributed by atoms with Crippen molar-refractivity contribution in [2.45, 2.75) is 38.6 Å². The average Bonchev–Trinajstić information content (AvgIpc) is 2.21. The Balaban J connectivity index is 2.38. The topological polar surface area (TPSA) is 35.5 Å². The maximum absolute atomic E-state index is 9.07. The van der Waals surface area contributed by atoms with Crippen molar-refractivity contribution in [1.82, 2.24) is 10.2 Å². The molecule has 0 aromatic carbocycles. The van der Waals surface area contributed by atoms with Crippen LogP contribution < -0.4 is 5.32 Å². The van der Waals surface area contributed by atoms with Crippen molar-refractivity contribution in [3.63, 3.8) is 0 Å². The highest BCUT2D eigenvalue weighted by molar-refractivity contribution is 4.92. The smallest absolute Gasteiger partial charge is 0.0448 e. The van der Waals surface area contributed by atoms with Crippen LogP contribution in [0.4, 0.5) is 0 Å². The number of hydrogen-bond acceptors (Lipinski definition) is 3. The van der Waals surface area contributed by atoms with Crippen molar-refractivity contribution in [3.05, 3.63) is 0 Å². The van der Waals surface area contributed by atoms with Gasteiger partial charge >= 0.3 is 0 Å². The second-order valence-electron chi connectivity index (χ2n) is 5.20. The molecule has 0 aromatic rings. The number of rotatable bonds is 5. The van der Waals surface area contributed by atoms with E-state index in [0.717, 1.165) is 25.2 Å². The Bertz CT molecular complexity index is 174. The van der Waals surface area contributed by atoms with Gasteiger partial charge in [0.2, 0.25) is 0 Å². The van der Waals surface area contributed by atoms with Crippen molar-refractivity contribution in [2.24, 2.45) is 5.92 Å². The third-order valence-corrected chi connectivity index (χ3v) is 3.56. The maximum atomic E-state index is 9.07. The molecule has 1 aliphatic heterocycles. The summed E-state index contributed by atoms with van der Waals surface area (Å²) in [5.41, 5.74) is 0.197. The largest absolute Gasteiger partial charge is 0.396 e. The van der Waals surface area contributed by atoms with Crippen molar-refractivity contribution in [2.75, 3.05) is 33.3 Å². The molecule has 0 aromatic heterocycles. The Kier molecular flexibility index (Phi) is 5.03. The van der Waals surface area contributed by atoms with E-state index in [0.29, 0.717) is 6.61 Å². The molecule has 0 spiro atoms. The molecule has 1 aliphatic rings. The van der Waals surface area contributed by atoms with Crippen LogP contribution in [0.15, 0.2) is 0 Å². The lowest BCUT2D eigenvalue weighted by Crippen LogP contribution is -2.53. The summed E-state index contributed by atoms with van der Waals surface area (Å²) < 4.78 is 0. The Hall–Kier alpha value is -0.120. The molecule has 0 unspecified atom stereocenters. The van der Waals surface area contributed by atoms with E-state index in [1.807, 2.05) is 7.05 Å². The van der Waals surface area contributed by atoms with Crippen LogP contribution in [0, 0.1) is 5.92 Å². The van der Waals surface area contributed by atoms with E-state index >= 15 is 0 Å². The first-order chi connectivity index (χ1) is 7.12. The third kappa shape index (κ3) is 3.74. The zero-order valence-electron chi connectivity index (χ0n) is 10.4. The van der Waals surface area contributed by atoms with Crippen molar-refractivity contribution in [3.8, 4) is 0 Å². The molecule has 1 saturated heterocycles. The van der Waals surface area contributed by atoms with E-state index in [-0.39, 0.29) is 5.54 Å². The summed E-state index contributed by atoms with van der Waals surface area (Å²) in [6, 6.07) is 0. The number of aliphatic hydroxyl groups is 1. The first kappa shape index (κ1) is 12.9. The van der Waals surface area contributed by atoms with E-state index in [9.17, 15) is 0 Å². The SMILES string of the molecule is CNC1(CCO)CCN(CC(C)C)CC1. The zero-order valence-corrected chi connectivity index (χ0v) is 10.4. The molecular weight excluding hydrogens is 188 g/mol. The molecule has 0 saturated carbocycles. The fourth-order valence-electron chi connectivity index (χ4n) is 2.52. The van der Waals surface area contributed by atoms with Crippen LogP contribution >= 0.6 is 0 Å². The second-order valence-corrected chi connectivity index (χ2v) is 5.20. The van der Waals surface area contributed by atoms with Crippen molar-refractivity contribution in [1.29, 1.82) is 0 Å². The Morgan fingerprint density at radius 2 is 1.93 bits per heavy atom. The molecule has 3 heteroatoms. The van der Waals surface area contributed by atoms with Gasteiger partial charge in [0, 0.05) is 18.7 Å². The molecule has 1 fully saturated rings. The van der Waals surface area contributed by atoms with Gasteiger partial charge in [-0.2, -0.15) is 0 Å². The second kappa shape index (κ2) is 5.83. The molecule has 90 valence electrons. The summed E-state index contributed by atoms with van der Waals surface area (Å²) in [6.07, 6.45) is 3.21. The van der Waals surface area contributed by atoms with Gasteiger partial charge in [-0.25, -0.2) is 0 Å². The Labute approximate surface area is 93.9 Å². The molecule has 0 atom stereocenters. The minimum Gasteiger partial charge on any atom is -0.396 e. The van der Waals surface area contributed by atoms with Crippen molar-refractivity contribution < 1.29 is 5.11 Å². The number of hydrogen-bond donors (Lipinski definition) is 2. The summed E-state index contributed by atoms with van der Waals surface area (Å²) in [4.78, 5) is 2.54. The van der Waals surface area contributed by atoms with Crippen LogP contribution in [0.2, 0.25) is 0 Å². The monoisotopic (exact) mass is 214 g/mol. The van der Waals surface area contributed by atoms with Crippen LogP contribution in [-0.2, 0) is 0 Å². The first-order valence-electron chi connectivity index (χ1n) is 6.14. The summed E-state index contributed by atoms with van der Waals surface area (Å²) in [6.45, 7) is 8.38. The normalized spacial score (nSPS) is 22.2. The third-order valence-electron chi connectivity index (χ3n) is 3.56.